The highest BCUT2D eigenvalue weighted by Crippen LogP contribution is 2.31. The molecule has 2 aromatic heterocycles. The van der Waals surface area contributed by atoms with Crippen LogP contribution in [-0.4, -0.2) is 54.1 Å². The first kappa shape index (κ1) is 26.1. The molecule has 2 fully saturated rings. The molecule has 8 heteroatoms. The normalized spacial score (nSPS) is 17.4. The maximum atomic E-state index is 13.1. The summed E-state index contributed by atoms with van der Waals surface area (Å²) in [5, 5.41) is 5.10. The van der Waals surface area contributed by atoms with E-state index in [0.717, 1.165) is 84.1 Å². The molecule has 0 atom stereocenters. The van der Waals surface area contributed by atoms with Crippen molar-refractivity contribution in [3.63, 3.8) is 0 Å². The number of aromatic nitrogens is 1. The standard InChI is InChI=1S/C31H33ClN4O2S/c32-24-1-3-26(4-2-24)36-17-11-27(12-18-36)38-28-5-6-29-23(19-28)20-30(39-29)31(37)34-25-9-15-35(16-10-25)21-22-7-13-33-14-8-22/h1-8,13-14,19-20,25,27H,9-12,15-18,21H2,(H,34,37). The smallest absolute Gasteiger partial charge is 0.261 e. The monoisotopic (exact) mass is 560 g/mol. The number of carbonyl (C=O) groups is 1. The zero-order valence-electron chi connectivity index (χ0n) is 21.9. The number of nitrogens with one attached hydrogen (secondary N) is 1. The first-order valence-corrected chi connectivity index (χ1v) is 14.9. The number of hydrogen-bond donors (Lipinski definition) is 1. The van der Waals surface area contributed by atoms with E-state index in [1.807, 2.05) is 36.7 Å². The van der Waals surface area contributed by atoms with E-state index in [4.69, 9.17) is 16.3 Å². The minimum atomic E-state index is 0.0285. The molecule has 4 heterocycles. The maximum absolute atomic E-state index is 13.1. The van der Waals surface area contributed by atoms with Crippen LogP contribution >= 0.6 is 22.9 Å². The van der Waals surface area contributed by atoms with Gasteiger partial charge in [-0.3, -0.25) is 14.7 Å². The maximum Gasteiger partial charge on any atom is 0.261 e. The summed E-state index contributed by atoms with van der Waals surface area (Å²) in [6, 6.07) is 20.6. The number of fused-ring (bicyclic) bond motifs is 1. The van der Waals surface area contributed by atoms with Crippen LogP contribution in [0.25, 0.3) is 10.1 Å². The third-order valence-electron chi connectivity index (χ3n) is 7.73. The van der Waals surface area contributed by atoms with Gasteiger partial charge in [0.15, 0.2) is 0 Å². The number of rotatable bonds is 7. The van der Waals surface area contributed by atoms with Crippen molar-refractivity contribution < 1.29 is 9.53 Å². The van der Waals surface area contributed by atoms with Crippen LogP contribution in [0.1, 0.15) is 40.9 Å². The predicted molar refractivity (Wildman–Crippen MR) is 159 cm³/mol. The molecule has 0 aliphatic carbocycles. The molecule has 1 N–H and O–H groups in total. The number of halogens is 1. The van der Waals surface area contributed by atoms with Crippen molar-refractivity contribution in [1.29, 1.82) is 0 Å². The van der Waals surface area contributed by atoms with E-state index in [0.29, 0.717) is 0 Å². The zero-order valence-corrected chi connectivity index (χ0v) is 23.5. The van der Waals surface area contributed by atoms with E-state index in [-0.39, 0.29) is 18.1 Å². The number of hydrogen-bond acceptors (Lipinski definition) is 6. The third-order valence-corrected chi connectivity index (χ3v) is 9.09. The Kier molecular flexibility index (Phi) is 8.00. The molecule has 0 spiro atoms. The number of benzene rings is 2. The highest BCUT2D eigenvalue weighted by molar-refractivity contribution is 7.20. The van der Waals surface area contributed by atoms with Crippen molar-refractivity contribution >= 4 is 44.6 Å². The fraction of sp³-hybridized carbons (Fsp3) is 0.355. The quantitative estimate of drug-likeness (QED) is 0.284. The Morgan fingerprint density at radius 2 is 1.69 bits per heavy atom. The molecular formula is C31H33ClN4O2S. The number of piperidine rings is 2. The van der Waals surface area contributed by atoms with Gasteiger partial charge >= 0.3 is 0 Å². The Bertz CT molecular complexity index is 1400. The van der Waals surface area contributed by atoms with E-state index < -0.39 is 0 Å². The second kappa shape index (κ2) is 11.9. The molecule has 39 heavy (non-hydrogen) atoms. The van der Waals surface area contributed by atoms with Gasteiger partial charge in [-0.2, -0.15) is 0 Å². The van der Waals surface area contributed by atoms with Crippen LogP contribution in [0, 0.1) is 0 Å². The van der Waals surface area contributed by atoms with Gasteiger partial charge in [0, 0.05) is 79.4 Å². The van der Waals surface area contributed by atoms with Crippen molar-refractivity contribution in [2.45, 2.75) is 44.4 Å². The Balaban J connectivity index is 0.999. The molecule has 202 valence electrons. The van der Waals surface area contributed by atoms with Crippen molar-refractivity contribution in [2.75, 3.05) is 31.1 Å². The number of thiophene rings is 1. The summed E-state index contributed by atoms with van der Waals surface area (Å²) in [5.74, 6) is 0.902. The zero-order chi connectivity index (χ0) is 26.6. The molecule has 0 radical (unpaired) electrons. The minimum Gasteiger partial charge on any atom is -0.490 e. The molecule has 0 unspecified atom stereocenters. The van der Waals surface area contributed by atoms with Crippen molar-refractivity contribution in [2.24, 2.45) is 0 Å². The molecule has 0 bridgehead atoms. The van der Waals surface area contributed by atoms with E-state index in [2.05, 4.69) is 56.5 Å². The average molecular weight is 561 g/mol. The fourth-order valence-electron chi connectivity index (χ4n) is 5.52. The predicted octanol–water partition coefficient (Wildman–Crippen LogP) is 6.39. The summed E-state index contributed by atoms with van der Waals surface area (Å²) < 4.78 is 7.47. The average Bonchev–Trinajstić information content (AvgIpc) is 3.39. The topological polar surface area (TPSA) is 57.7 Å². The van der Waals surface area contributed by atoms with E-state index in [1.54, 1.807) is 11.3 Å². The van der Waals surface area contributed by atoms with Gasteiger partial charge in [-0.15, -0.1) is 11.3 Å². The van der Waals surface area contributed by atoms with Crippen LogP contribution in [0.4, 0.5) is 5.69 Å². The SMILES string of the molecule is O=C(NC1CCN(Cc2ccncc2)CC1)c1cc2cc(OC3CCN(c4ccc(Cl)cc4)CC3)ccc2s1. The summed E-state index contributed by atoms with van der Waals surface area (Å²) in [7, 11) is 0. The minimum absolute atomic E-state index is 0.0285. The lowest BCUT2D eigenvalue weighted by Gasteiger charge is -2.33. The van der Waals surface area contributed by atoms with E-state index >= 15 is 0 Å². The lowest BCUT2D eigenvalue weighted by atomic mass is 10.0. The highest BCUT2D eigenvalue weighted by Gasteiger charge is 2.23. The van der Waals surface area contributed by atoms with Crippen LogP contribution < -0.4 is 15.0 Å². The molecule has 2 aliphatic heterocycles. The molecular weight excluding hydrogens is 528 g/mol. The fourth-order valence-corrected chi connectivity index (χ4v) is 6.59. The van der Waals surface area contributed by atoms with Gasteiger partial charge in [0.2, 0.25) is 0 Å². The molecule has 6 nitrogen and oxygen atoms in total. The number of amides is 1. The van der Waals surface area contributed by atoms with Gasteiger partial charge < -0.3 is 15.0 Å². The number of ether oxygens (including phenoxy) is 1. The third kappa shape index (κ3) is 6.55. The van der Waals surface area contributed by atoms with Gasteiger partial charge in [-0.05, 0) is 84.5 Å². The molecule has 2 aliphatic rings. The van der Waals surface area contributed by atoms with Crippen molar-refractivity contribution in [3.8, 4) is 5.75 Å². The summed E-state index contributed by atoms with van der Waals surface area (Å²) in [4.78, 5) is 22.7. The lowest BCUT2D eigenvalue weighted by molar-refractivity contribution is 0.0913. The number of nitrogens with zero attached hydrogens (tertiary/aromatic N) is 3. The Morgan fingerprint density at radius 1 is 0.949 bits per heavy atom. The first-order chi connectivity index (χ1) is 19.1. The van der Waals surface area contributed by atoms with Crippen molar-refractivity contribution in [1.82, 2.24) is 15.2 Å². The Morgan fingerprint density at radius 3 is 2.44 bits per heavy atom. The first-order valence-electron chi connectivity index (χ1n) is 13.7. The summed E-state index contributed by atoms with van der Waals surface area (Å²) >= 11 is 7.58. The molecule has 2 saturated heterocycles. The summed E-state index contributed by atoms with van der Waals surface area (Å²) in [6.07, 6.45) is 7.76. The van der Waals surface area contributed by atoms with Gasteiger partial charge in [-0.25, -0.2) is 0 Å². The molecule has 1 amide bonds. The summed E-state index contributed by atoms with van der Waals surface area (Å²) in [6.45, 7) is 4.82. The van der Waals surface area contributed by atoms with Crippen LogP contribution in [0.15, 0.2) is 73.1 Å². The van der Waals surface area contributed by atoms with Gasteiger partial charge in [0.25, 0.3) is 5.91 Å². The van der Waals surface area contributed by atoms with Crippen molar-refractivity contribution in [3.05, 3.63) is 88.5 Å². The Labute approximate surface area is 238 Å². The highest BCUT2D eigenvalue weighted by atomic mass is 35.5. The number of anilines is 1. The van der Waals surface area contributed by atoms with E-state index in [9.17, 15) is 4.79 Å². The van der Waals surface area contributed by atoms with Crippen LogP contribution in [0.5, 0.6) is 5.75 Å². The largest absolute Gasteiger partial charge is 0.490 e. The molecule has 6 rings (SSSR count). The molecule has 2 aromatic carbocycles. The number of carbonyl (C=O) groups excluding carboxylic acids is 1. The van der Waals surface area contributed by atoms with Crippen LogP contribution in [0.2, 0.25) is 5.02 Å². The number of pyridine rings is 1. The molecule has 4 aromatic rings. The van der Waals surface area contributed by atoms with Crippen LogP contribution in [-0.2, 0) is 6.54 Å². The van der Waals surface area contributed by atoms with Crippen LogP contribution in [0.3, 0.4) is 0 Å². The summed E-state index contributed by atoms with van der Waals surface area (Å²) in [5.41, 5.74) is 2.49. The van der Waals surface area contributed by atoms with Gasteiger partial charge in [0.1, 0.15) is 11.9 Å². The number of likely N-dealkylation sites (tertiary alicyclic amines) is 1. The second-order valence-corrected chi connectivity index (χ2v) is 12.0. The van der Waals surface area contributed by atoms with E-state index in [1.165, 1.54) is 11.3 Å². The van der Waals surface area contributed by atoms with Gasteiger partial charge in [-0.1, -0.05) is 11.6 Å². The molecule has 0 saturated carbocycles. The Hall–Kier alpha value is -3.13. The second-order valence-electron chi connectivity index (χ2n) is 10.5. The lowest BCUT2D eigenvalue weighted by Crippen LogP contribution is -2.44. The van der Waals surface area contributed by atoms with Gasteiger partial charge in [0.05, 0.1) is 4.88 Å².